The van der Waals surface area contributed by atoms with Crippen molar-refractivity contribution in [1.29, 1.82) is 0 Å². The second-order valence-electron chi connectivity index (χ2n) is 26.7. The number of fused-ring (bicyclic) bond motifs is 8. The molecule has 4 heterocycles. The van der Waals surface area contributed by atoms with Crippen molar-refractivity contribution in [2.45, 2.75) is 0 Å². The Bertz CT molecular complexity index is 6800. The molecule has 16 aromatic carbocycles. The van der Waals surface area contributed by atoms with E-state index in [1.54, 1.807) is 22.7 Å². The molecule has 0 radical (unpaired) electrons. The first-order chi connectivity index (χ1) is 52.5. The summed E-state index contributed by atoms with van der Waals surface area (Å²) in [4.78, 5) is 31.4. The van der Waals surface area contributed by atoms with Crippen molar-refractivity contribution in [2.75, 3.05) is 0 Å². The van der Waals surface area contributed by atoms with Gasteiger partial charge in [0.25, 0.3) is 0 Å². The van der Waals surface area contributed by atoms with E-state index in [1.165, 1.54) is 74.9 Å². The number of nitrogens with zero attached hydrogens (tertiary/aromatic N) is 6. The van der Waals surface area contributed by atoms with Gasteiger partial charge in [-0.15, -0.1) is 22.7 Å². The molecule has 0 saturated heterocycles. The van der Waals surface area contributed by atoms with Crippen molar-refractivity contribution in [3.8, 4) is 146 Å². The first-order valence-corrected chi connectivity index (χ1v) is 37.3. The first kappa shape index (κ1) is 62.3. The number of thiophene rings is 2. The summed E-state index contributed by atoms with van der Waals surface area (Å²) in [5, 5.41) is 9.55. The molecule has 0 unspecified atom stereocenters. The van der Waals surface area contributed by atoms with Crippen LogP contribution in [0.15, 0.2) is 364 Å². The second-order valence-corrected chi connectivity index (χ2v) is 28.8. The molecular formula is C98H60N6S2. The molecule has 0 spiro atoms. The SMILES string of the molecule is c1ccc(-c2nc(-c3ccc(-c4ccccc4-c4ccc(-c5ccccc5)c5cc(-c6ccc7c(c6)sc6c(-c8nc(-c9ccccc9)nc(-c9ccc(-c%10ccccc%10-c%10c(-c%11ccccc%11)ccc%11ccccc%10%11)cc9)n8)cccc67)ccc45)cc3)nc(-c3cccc4c3sc3ccccc34)n2)cc1. The summed E-state index contributed by atoms with van der Waals surface area (Å²) in [6.07, 6.45) is 0. The van der Waals surface area contributed by atoms with Crippen LogP contribution >= 0.6 is 22.7 Å². The first-order valence-electron chi connectivity index (χ1n) is 35.6. The van der Waals surface area contributed by atoms with Crippen LogP contribution in [0.4, 0.5) is 0 Å². The molecule has 0 bridgehead atoms. The van der Waals surface area contributed by atoms with E-state index in [0.717, 1.165) is 98.2 Å². The van der Waals surface area contributed by atoms with Gasteiger partial charge in [0.2, 0.25) is 0 Å². The van der Waals surface area contributed by atoms with E-state index in [4.69, 9.17) is 29.9 Å². The van der Waals surface area contributed by atoms with Crippen LogP contribution in [-0.4, -0.2) is 29.9 Å². The smallest absolute Gasteiger partial charge is 0.165 e. The normalized spacial score (nSPS) is 11.6. The van der Waals surface area contributed by atoms with Crippen LogP contribution < -0.4 is 0 Å². The summed E-state index contributed by atoms with van der Waals surface area (Å²) < 4.78 is 4.71. The Morgan fingerprint density at radius 3 is 1.09 bits per heavy atom. The lowest BCUT2D eigenvalue weighted by molar-refractivity contribution is 1.08. The molecule has 0 N–H and O–H groups in total. The molecule has 0 fully saturated rings. The molecule has 494 valence electrons. The largest absolute Gasteiger partial charge is 0.208 e. The third-order valence-corrected chi connectivity index (χ3v) is 22.9. The van der Waals surface area contributed by atoms with E-state index in [1.807, 2.05) is 36.4 Å². The molecule has 0 atom stereocenters. The Morgan fingerprint density at radius 1 is 0.160 bits per heavy atom. The highest BCUT2D eigenvalue weighted by molar-refractivity contribution is 7.26. The van der Waals surface area contributed by atoms with E-state index in [9.17, 15) is 0 Å². The van der Waals surface area contributed by atoms with Crippen LogP contribution in [0.3, 0.4) is 0 Å². The Morgan fingerprint density at radius 2 is 0.519 bits per heavy atom. The van der Waals surface area contributed by atoms with Crippen molar-refractivity contribution < 1.29 is 0 Å². The third kappa shape index (κ3) is 11.2. The number of hydrogen-bond acceptors (Lipinski definition) is 8. The lowest BCUT2D eigenvalue weighted by Gasteiger charge is -2.18. The van der Waals surface area contributed by atoms with Crippen LogP contribution in [0.1, 0.15) is 0 Å². The quantitative estimate of drug-likeness (QED) is 0.114. The molecule has 4 aromatic heterocycles. The molecule has 6 nitrogen and oxygen atoms in total. The zero-order valence-electron chi connectivity index (χ0n) is 57.1. The van der Waals surface area contributed by atoms with E-state index < -0.39 is 0 Å². The van der Waals surface area contributed by atoms with Gasteiger partial charge < -0.3 is 0 Å². The summed E-state index contributed by atoms with van der Waals surface area (Å²) in [5.41, 5.74) is 21.8. The highest BCUT2D eigenvalue weighted by Crippen LogP contribution is 2.48. The second kappa shape index (κ2) is 26.4. The molecule has 106 heavy (non-hydrogen) atoms. The summed E-state index contributed by atoms with van der Waals surface area (Å²) >= 11 is 3.57. The molecular weight excluding hydrogens is 1330 g/mol. The zero-order chi connectivity index (χ0) is 70.0. The topological polar surface area (TPSA) is 77.3 Å². The molecule has 0 amide bonds. The van der Waals surface area contributed by atoms with Crippen molar-refractivity contribution in [2.24, 2.45) is 0 Å². The van der Waals surface area contributed by atoms with Gasteiger partial charge in [0.05, 0.1) is 0 Å². The Balaban J connectivity index is 0.646. The van der Waals surface area contributed by atoms with Gasteiger partial charge in [0.1, 0.15) is 0 Å². The number of hydrogen-bond donors (Lipinski definition) is 0. The Hall–Kier alpha value is -13.5. The molecule has 8 heteroatoms. The predicted octanol–water partition coefficient (Wildman–Crippen LogP) is 26.8. The summed E-state index contributed by atoms with van der Waals surface area (Å²) in [7, 11) is 0. The Kier molecular flexibility index (Phi) is 15.5. The van der Waals surface area contributed by atoms with Crippen molar-refractivity contribution in [1.82, 2.24) is 29.9 Å². The fraction of sp³-hybridized carbons (Fsp3) is 0. The van der Waals surface area contributed by atoms with Crippen LogP contribution in [-0.2, 0) is 0 Å². The molecule has 0 saturated carbocycles. The van der Waals surface area contributed by atoms with Gasteiger partial charge in [0, 0.05) is 73.7 Å². The minimum Gasteiger partial charge on any atom is -0.208 e. The summed E-state index contributed by atoms with van der Waals surface area (Å²) in [5.74, 6) is 3.76. The highest BCUT2D eigenvalue weighted by atomic mass is 32.1. The average Bonchev–Trinajstić information content (AvgIpc) is 1.05. The van der Waals surface area contributed by atoms with Gasteiger partial charge in [-0.25, -0.2) is 29.9 Å². The van der Waals surface area contributed by atoms with Gasteiger partial charge >= 0.3 is 0 Å². The maximum atomic E-state index is 5.37. The van der Waals surface area contributed by atoms with E-state index in [0.29, 0.717) is 34.9 Å². The fourth-order valence-corrected chi connectivity index (χ4v) is 17.8. The minimum absolute atomic E-state index is 0.610. The van der Waals surface area contributed by atoms with Gasteiger partial charge in [-0.3, -0.25) is 0 Å². The summed E-state index contributed by atoms with van der Waals surface area (Å²) in [6.45, 7) is 0. The van der Waals surface area contributed by atoms with Crippen LogP contribution in [0.2, 0.25) is 0 Å². The van der Waals surface area contributed by atoms with Crippen LogP contribution in [0.25, 0.3) is 208 Å². The Labute approximate surface area is 620 Å². The van der Waals surface area contributed by atoms with Gasteiger partial charge in [-0.1, -0.05) is 334 Å². The van der Waals surface area contributed by atoms with E-state index in [2.05, 4.69) is 328 Å². The molecule has 0 aliphatic heterocycles. The molecule has 0 aliphatic carbocycles. The number of benzene rings is 16. The lowest BCUT2D eigenvalue weighted by Crippen LogP contribution is -2.00. The maximum absolute atomic E-state index is 5.37. The number of rotatable bonds is 13. The van der Waals surface area contributed by atoms with Crippen molar-refractivity contribution in [3.63, 3.8) is 0 Å². The number of aromatic nitrogens is 6. The predicted molar refractivity (Wildman–Crippen MR) is 445 cm³/mol. The monoisotopic (exact) mass is 1380 g/mol. The zero-order valence-corrected chi connectivity index (χ0v) is 58.8. The minimum atomic E-state index is 0.610. The van der Waals surface area contributed by atoms with Crippen molar-refractivity contribution >= 4 is 84.6 Å². The molecule has 20 rings (SSSR count). The average molecular weight is 1390 g/mol. The highest BCUT2D eigenvalue weighted by Gasteiger charge is 2.23. The van der Waals surface area contributed by atoms with Gasteiger partial charge in [0.15, 0.2) is 34.9 Å². The van der Waals surface area contributed by atoms with Crippen LogP contribution in [0.5, 0.6) is 0 Å². The van der Waals surface area contributed by atoms with E-state index >= 15 is 0 Å². The maximum Gasteiger partial charge on any atom is 0.165 e. The van der Waals surface area contributed by atoms with Gasteiger partial charge in [-0.05, 0) is 130 Å². The van der Waals surface area contributed by atoms with Gasteiger partial charge in [-0.2, -0.15) is 0 Å². The van der Waals surface area contributed by atoms with E-state index in [-0.39, 0.29) is 0 Å². The van der Waals surface area contributed by atoms with Crippen molar-refractivity contribution in [3.05, 3.63) is 364 Å². The summed E-state index contributed by atoms with van der Waals surface area (Å²) in [6, 6.07) is 130. The third-order valence-electron chi connectivity index (χ3n) is 20.5. The standard InChI is InChI=1S/C98H60N6S2/c1-5-23-61(24-6-1)74-57-58-78(77-35-17-15-32-72(77)64-43-47-68(48-44-64)95-99-93(66-28-9-3-10-29-66)101-97(103-95)85-40-21-38-83-80-36-19-20-42-88(80)105-91(83)85)79-55-52-70(59-87(74)79)71-53-56-81-84-39-22-41-86(92(84)106-89(81)60-71)98-102-94(67-30-11-4-12-31-67)100-96(104-98)69-49-45-65(46-50-69)73-33-16-18-37-82(73)90-75-34-14-13-27-63(75)51-54-76(90)62-25-7-2-8-26-62/h1-60H. The molecule has 20 aromatic rings. The molecule has 0 aliphatic rings. The van der Waals surface area contributed by atoms with Crippen LogP contribution in [0, 0.1) is 0 Å². The fourth-order valence-electron chi connectivity index (χ4n) is 15.3. The lowest BCUT2D eigenvalue weighted by atomic mass is 9.86.